The van der Waals surface area contributed by atoms with Crippen LogP contribution in [0, 0.1) is 37.5 Å². The average Bonchev–Trinajstić information content (AvgIpc) is 3.73. The summed E-state index contributed by atoms with van der Waals surface area (Å²) >= 11 is 0. The molecule has 0 unspecified atom stereocenters. The van der Waals surface area contributed by atoms with Crippen LogP contribution in [-0.2, 0) is 11.8 Å². The average molecular weight is 466 g/mol. The monoisotopic (exact) mass is 465 g/mol. The lowest BCUT2D eigenvalue weighted by molar-refractivity contribution is -0.119. The maximum Gasteiger partial charge on any atom is 0.270 e. The summed E-state index contributed by atoms with van der Waals surface area (Å²) in [6, 6.07) is 4.05. The lowest BCUT2D eigenvalue weighted by Crippen LogP contribution is -2.50. The maximum absolute atomic E-state index is 14.9. The Hall–Kier alpha value is -3.56. The summed E-state index contributed by atoms with van der Waals surface area (Å²) in [6.45, 7) is 3.61. The Labute approximate surface area is 196 Å². The van der Waals surface area contributed by atoms with Crippen LogP contribution < -0.4 is 10.6 Å². The van der Waals surface area contributed by atoms with Crippen LogP contribution >= 0.6 is 0 Å². The lowest BCUT2D eigenvalue weighted by Gasteiger charge is -2.27. The topological polar surface area (TPSA) is 118 Å². The highest BCUT2D eigenvalue weighted by Gasteiger charge is 2.48. The molecular formula is C24H28FN7O2. The van der Waals surface area contributed by atoms with Crippen molar-refractivity contribution >= 4 is 17.6 Å². The summed E-state index contributed by atoms with van der Waals surface area (Å²) in [5, 5.41) is 16.7. The van der Waals surface area contributed by atoms with E-state index < -0.39 is 12.0 Å². The number of hydrogen-bond donors (Lipinski definition) is 3. The van der Waals surface area contributed by atoms with E-state index in [9.17, 15) is 14.0 Å². The fraction of sp³-hybridized carbons (Fsp3) is 0.458. The quantitative estimate of drug-likeness (QED) is 0.442. The van der Waals surface area contributed by atoms with E-state index in [1.54, 1.807) is 38.4 Å². The number of anilines is 1. The van der Waals surface area contributed by atoms with Gasteiger partial charge in [0.05, 0.1) is 5.69 Å². The second kappa shape index (κ2) is 8.66. The second-order valence-corrected chi connectivity index (χ2v) is 9.38. The summed E-state index contributed by atoms with van der Waals surface area (Å²) in [7, 11) is 1.68. The number of aromatic amines is 1. The van der Waals surface area contributed by atoms with Crippen molar-refractivity contribution < 1.29 is 14.0 Å². The molecule has 0 aromatic carbocycles. The predicted octanol–water partition coefficient (Wildman–Crippen LogP) is 3.13. The zero-order valence-corrected chi connectivity index (χ0v) is 19.4. The fourth-order valence-electron chi connectivity index (χ4n) is 4.88. The Balaban J connectivity index is 1.38. The van der Waals surface area contributed by atoms with Gasteiger partial charge in [-0.1, -0.05) is 0 Å². The number of hydrogen-bond acceptors (Lipinski definition) is 5. The highest BCUT2D eigenvalue weighted by molar-refractivity contribution is 6.00. The molecule has 0 spiro atoms. The molecule has 178 valence electrons. The maximum atomic E-state index is 14.9. The number of carbonyl (C=O) groups excluding carboxylic acids is 2. The van der Waals surface area contributed by atoms with E-state index in [1.165, 1.54) is 4.68 Å². The Kier molecular flexibility index (Phi) is 5.66. The van der Waals surface area contributed by atoms with Crippen molar-refractivity contribution in [3.63, 3.8) is 0 Å². The number of aryl methyl sites for hydroxylation is 3. The van der Waals surface area contributed by atoms with Crippen LogP contribution in [0.2, 0.25) is 0 Å². The van der Waals surface area contributed by atoms with Gasteiger partial charge in [0.1, 0.15) is 17.6 Å². The molecule has 3 heterocycles. The Morgan fingerprint density at radius 1 is 1.15 bits per heavy atom. The van der Waals surface area contributed by atoms with Crippen LogP contribution in [0.25, 0.3) is 11.1 Å². The third-order valence-corrected chi connectivity index (χ3v) is 6.84. The molecule has 1 atom stereocenters. The second-order valence-electron chi connectivity index (χ2n) is 9.38. The first kappa shape index (κ1) is 22.2. The van der Waals surface area contributed by atoms with Gasteiger partial charge in [0.15, 0.2) is 0 Å². The first-order chi connectivity index (χ1) is 16.3. The smallest absolute Gasteiger partial charge is 0.270 e. The number of carbonyl (C=O) groups is 2. The number of nitrogens with zero attached hydrogens (tertiary/aromatic N) is 4. The highest BCUT2D eigenvalue weighted by atomic mass is 19.1. The van der Waals surface area contributed by atoms with Crippen LogP contribution in [0.15, 0.2) is 24.4 Å². The third kappa shape index (κ3) is 4.32. The zero-order chi connectivity index (χ0) is 24.0. The van der Waals surface area contributed by atoms with Crippen LogP contribution in [0.4, 0.5) is 10.2 Å². The number of halogens is 1. The van der Waals surface area contributed by atoms with Crippen LogP contribution in [0.5, 0.6) is 0 Å². The van der Waals surface area contributed by atoms with E-state index >= 15 is 0 Å². The summed E-state index contributed by atoms with van der Waals surface area (Å²) in [4.78, 5) is 30.3. The molecule has 2 saturated carbocycles. The molecule has 0 bridgehead atoms. The van der Waals surface area contributed by atoms with Crippen molar-refractivity contribution in [1.82, 2.24) is 30.3 Å². The van der Waals surface area contributed by atoms with Crippen LogP contribution in [-0.4, -0.2) is 42.8 Å². The predicted molar refractivity (Wildman–Crippen MR) is 123 cm³/mol. The molecule has 3 aromatic heterocycles. The first-order valence-electron chi connectivity index (χ1n) is 11.6. The SMILES string of the molecule is Cc1n[nH]c(C)c1-c1ccc(NC(=O)[C@@H](NC(=O)c2ccnn2C)C(C2CC2)C2CC2)nc1F. The van der Waals surface area contributed by atoms with Crippen molar-refractivity contribution in [2.45, 2.75) is 45.6 Å². The summed E-state index contributed by atoms with van der Waals surface area (Å²) in [5.41, 5.74) is 2.76. The van der Waals surface area contributed by atoms with Crippen molar-refractivity contribution in [2.75, 3.05) is 5.32 Å². The van der Waals surface area contributed by atoms with Gasteiger partial charge in [-0.25, -0.2) is 4.98 Å². The van der Waals surface area contributed by atoms with Gasteiger partial charge in [-0.15, -0.1) is 0 Å². The number of pyridine rings is 1. The number of nitrogens with one attached hydrogen (secondary N) is 3. The molecule has 2 fully saturated rings. The lowest BCUT2D eigenvalue weighted by atomic mass is 9.88. The van der Waals surface area contributed by atoms with Gasteiger partial charge in [0, 0.05) is 30.1 Å². The molecule has 0 saturated heterocycles. The van der Waals surface area contributed by atoms with E-state index in [1.807, 2.05) is 6.92 Å². The molecule has 3 aromatic rings. The van der Waals surface area contributed by atoms with Crippen molar-refractivity contribution in [2.24, 2.45) is 24.8 Å². The molecule has 3 N–H and O–H groups in total. The van der Waals surface area contributed by atoms with Crippen molar-refractivity contribution in [1.29, 1.82) is 0 Å². The zero-order valence-electron chi connectivity index (χ0n) is 19.4. The van der Waals surface area contributed by atoms with E-state index in [-0.39, 0.29) is 23.6 Å². The minimum Gasteiger partial charge on any atom is -0.339 e. The summed E-state index contributed by atoms with van der Waals surface area (Å²) < 4.78 is 16.4. The number of H-pyrrole nitrogens is 1. The minimum absolute atomic E-state index is 0.0533. The molecule has 9 nitrogen and oxygen atoms in total. The number of amides is 2. The number of rotatable bonds is 8. The van der Waals surface area contributed by atoms with E-state index in [4.69, 9.17) is 0 Å². The summed E-state index contributed by atoms with van der Waals surface area (Å²) in [6.07, 6.45) is 5.75. The van der Waals surface area contributed by atoms with Crippen LogP contribution in [0.3, 0.4) is 0 Å². The van der Waals surface area contributed by atoms with Gasteiger partial charge < -0.3 is 10.6 Å². The van der Waals surface area contributed by atoms with Gasteiger partial charge in [-0.3, -0.25) is 19.4 Å². The van der Waals surface area contributed by atoms with Gasteiger partial charge in [-0.2, -0.15) is 14.6 Å². The molecule has 5 rings (SSSR count). The molecular weight excluding hydrogens is 437 g/mol. The molecule has 0 aliphatic heterocycles. The Morgan fingerprint density at radius 2 is 1.85 bits per heavy atom. The first-order valence-corrected chi connectivity index (χ1v) is 11.6. The standard InChI is InChI=1S/C24H28FN7O2/c1-12-19(13(2)31-30-12)16-8-9-18(27-22(16)25)28-24(34)21(20(14-4-5-14)15-6-7-15)29-23(33)17-10-11-26-32(17)3/h8-11,14-15,20-21H,4-7H2,1-3H3,(H,29,33)(H,30,31)(H,27,28,34)/t21-/m0/s1. The van der Waals surface area contributed by atoms with Gasteiger partial charge in [-0.05, 0) is 75.5 Å². The molecule has 0 radical (unpaired) electrons. The Bertz CT molecular complexity index is 1210. The largest absolute Gasteiger partial charge is 0.339 e. The van der Waals surface area contributed by atoms with E-state index in [0.717, 1.165) is 31.4 Å². The molecule has 2 aliphatic rings. The summed E-state index contributed by atoms with van der Waals surface area (Å²) in [5.74, 6) is -0.445. The van der Waals surface area contributed by atoms with Crippen LogP contribution in [0.1, 0.15) is 47.6 Å². The minimum atomic E-state index is -0.731. The van der Waals surface area contributed by atoms with Gasteiger partial charge in [0.2, 0.25) is 11.9 Å². The van der Waals surface area contributed by atoms with E-state index in [0.29, 0.717) is 34.4 Å². The fourth-order valence-corrected chi connectivity index (χ4v) is 4.88. The van der Waals surface area contributed by atoms with Gasteiger partial charge >= 0.3 is 0 Å². The number of aromatic nitrogens is 5. The molecule has 10 heteroatoms. The van der Waals surface area contributed by atoms with E-state index in [2.05, 4.69) is 30.9 Å². The highest BCUT2D eigenvalue weighted by Crippen LogP contribution is 2.51. The normalized spacial score (nSPS) is 16.5. The third-order valence-electron chi connectivity index (χ3n) is 6.84. The molecule has 34 heavy (non-hydrogen) atoms. The van der Waals surface area contributed by atoms with Crippen molar-refractivity contribution in [3.8, 4) is 11.1 Å². The van der Waals surface area contributed by atoms with Gasteiger partial charge in [0.25, 0.3) is 5.91 Å². The molecule has 2 amide bonds. The molecule has 2 aliphatic carbocycles. The van der Waals surface area contributed by atoms with Crippen molar-refractivity contribution in [3.05, 3.63) is 47.4 Å². The Morgan fingerprint density at radius 3 is 2.38 bits per heavy atom.